The maximum atomic E-state index is 13.4. The maximum Gasteiger partial charge on any atom is 0.262 e. The van der Waals surface area contributed by atoms with Crippen LogP contribution in [0.15, 0.2) is 30.3 Å². The normalized spacial score (nSPS) is 14.8. The van der Waals surface area contributed by atoms with E-state index in [-0.39, 0.29) is 23.7 Å². The summed E-state index contributed by atoms with van der Waals surface area (Å²) in [5.74, 6) is -1.31. The highest BCUT2D eigenvalue weighted by atomic mass is 19.1. The molecular weight excluding hydrogens is 368 g/mol. The number of carbonyl (C=O) groups excluding carboxylic acids is 1. The summed E-state index contributed by atoms with van der Waals surface area (Å²) in [7, 11) is 0. The lowest BCUT2D eigenvalue weighted by atomic mass is 9.80. The highest BCUT2D eigenvalue weighted by Gasteiger charge is 2.26. The zero-order chi connectivity index (χ0) is 20.5. The van der Waals surface area contributed by atoms with Crippen molar-refractivity contribution < 1.29 is 28.5 Å². The molecule has 1 aliphatic heterocycles. The topological polar surface area (TPSA) is 78.8 Å². The summed E-state index contributed by atoms with van der Waals surface area (Å²) in [5.41, 5.74) is 0.938. The van der Waals surface area contributed by atoms with Crippen LogP contribution < -0.4 is 10.1 Å². The van der Waals surface area contributed by atoms with Crippen LogP contribution in [0.2, 0.25) is 0 Å². The number of carbonyl (C=O) groups is 1. The van der Waals surface area contributed by atoms with Gasteiger partial charge in [-0.3, -0.25) is 4.79 Å². The fraction of sp³-hybridized carbons (Fsp3) is 0.381. The van der Waals surface area contributed by atoms with Crippen molar-refractivity contribution in [3.8, 4) is 11.5 Å². The summed E-state index contributed by atoms with van der Waals surface area (Å²) in [4.78, 5) is 11.5. The zero-order valence-electron chi connectivity index (χ0n) is 15.8. The number of benzene rings is 2. The second-order valence-corrected chi connectivity index (χ2v) is 7.92. The summed E-state index contributed by atoms with van der Waals surface area (Å²) in [6.07, 6.45) is 0.416. The van der Waals surface area contributed by atoms with Crippen LogP contribution in [0.4, 0.5) is 14.5 Å². The van der Waals surface area contributed by atoms with Crippen LogP contribution in [0.5, 0.6) is 11.5 Å². The van der Waals surface area contributed by atoms with Crippen molar-refractivity contribution in [2.45, 2.75) is 39.2 Å². The number of halogens is 2. The molecule has 7 heteroatoms. The first-order valence-corrected chi connectivity index (χ1v) is 9.05. The van der Waals surface area contributed by atoms with Crippen LogP contribution in [0.25, 0.3) is 0 Å². The Morgan fingerprint density at radius 2 is 1.86 bits per heavy atom. The van der Waals surface area contributed by atoms with Gasteiger partial charge in [0.15, 0.2) is 6.61 Å². The van der Waals surface area contributed by atoms with Gasteiger partial charge < -0.3 is 20.3 Å². The van der Waals surface area contributed by atoms with Gasteiger partial charge in [-0.05, 0) is 48.4 Å². The second-order valence-electron chi connectivity index (χ2n) is 7.92. The third kappa shape index (κ3) is 4.78. The van der Waals surface area contributed by atoms with Crippen LogP contribution >= 0.6 is 0 Å². The lowest BCUT2D eigenvalue weighted by Gasteiger charge is -2.28. The number of fused-ring (bicyclic) bond motifs is 1. The summed E-state index contributed by atoms with van der Waals surface area (Å²) < 4.78 is 32.3. The van der Waals surface area contributed by atoms with Gasteiger partial charge in [0.25, 0.3) is 5.91 Å². The van der Waals surface area contributed by atoms with E-state index in [4.69, 9.17) is 4.74 Å². The standard InChI is InChI=1S/C21H23F2NO4/c1-21(2,10-12-5-13(22)7-14(23)6-12)4-3-18(26)16-8-15(25)9-17-20(16)28-11-19(27)24-17/h5-9,18,25-26H,3-4,10-11H2,1-2H3,(H,24,27). The molecule has 0 saturated carbocycles. The summed E-state index contributed by atoms with van der Waals surface area (Å²) in [5, 5.41) is 23.2. The zero-order valence-corrected chi connectivity index (χ0v) is 15.8. The molecular formula is C21H23F2NO4. The van der Waals surface area contributed by atoms with E-state index >= 15 is 0 Å². The molecule has 0 saturated heterocycles. The predicted molar refractivity (Wildman–Crippen MR) is 100 cm³/mol. The molecule has 2 aromatic carbocycles. The Morgan fingerprint density at radius 1 is 1.18 bits per heavy atom. The molecule has 3 rings (SSSR count). The number of rotatable bonds is 6. The van der Waals surface area contributed by atoms with Gasteiger partial charge in [-0.1, -0.05) is 13.8 Å². The quantitative estimate of drug-likeness (QED) is 0.693. The molecule has 5 nitrogen and oxygen atoms in total. The second kappa shape index (κ2) is 7.75. The van der Waals surface area contributed by atoms with Gasteiger partial charge in [-0.25, -0.2) is 8.78 Å². The fourth-order valence-electron chi connectivity index (χ4n) is 3.50. The number of nitrogens with one attached hydrogen (secondary N) is 1. The van der Waals surface area contributed by atoms with Gasteiger partial charge in [-0.2, -0.15) is 0 Å². The molecule has 28 heavy (non-hydrogen) atoms. The highest BCUT2D eigenvalue weighted by molar-refractivity contribution is 5.96. The lowest BCUT2D eigenvalue weighted by molar-refractivity contribution is -0.118. The minimum absolute atomic E-state index is 0.0897. The van der Waals surface area contributed by atoms with Gasteiger partial charge in [0.2, 0.25) is 0 Å². The van der Waals surface area contributed by atoms with Gasteiger partial charge in [0, 0.05) is 17.7 Å². The largest absolute Gasteiger partial charge is 0.508 e. The van der Waals surface area contributed by atoms with Crippen molar-refractivity contribution in [1.29, 1.82) is 0 Å². The molecule has 1 aliphatic rings. The average molecular weight is 391 g/mol. The summed E-state index contributed by atoms with van der Waals surface area (Å²) >= 11 is 0. The van der Waals surface area contributed by atoms with E-state index < -0.39 is 17.7 Å². The van der Waals surface area contributed by atoms with Crippen molar-refractivity contribution in [2.75, 3.05) is 11.9 Å². The summed E-state index contributed by atoms with van der Waals surface area (Å²) in [6.45, 7) is 3.75. The number of phenolic OH excluding ortho intramolecular Hbond substituents is 1. The molecule has 0 bridgehead atoms. The Balaban J connectivity index is 1.71. The monoisotopic (exact) mass is 391 g/mol. The Kier molecular flexibility index (Phi) is 5.56. The Hall–Kier alpha value is -2.67. The van der Waals surface area contributed by atoms with E-state index in [9.17, 15) is 23.8 Å². The Morgan fingerprint density at radius 3 is 2.54 bits per heavy atom. The minimum Gasteiger partial charge on any atom is -0.508 e. The number of aliphatic hydroxyl groups excluding tert-OH is 1. The van der Waals surface area contributed by atoms with Crippen LogP contribution in [0, 0.1) is 17.0 Å². The first-order valence-electron chi connectivity index (χ1n) is 9.05. The molecule has 0 aromatic heterocycles. The van der Waals surface area contributed by atoms with Crippen molar-refractivity contribution in [2.24, 2.45) is 5.41 Å². The number of hydrogen-bond acceptors (Lipinski definition) is 4. The molecule has 0 radical (unpaired) electrons. The van der Waals surface area contributed by atoms with Crippen LogP contribution in [-0.4, -0.2) is 22.7 Å². The number of aliphatic hydroxyl groups is 1. The van der Waals surface area contributed by atoms with Gasteiger partial charge in [0.1, 0.15) is 23.1 Å². The van der Waals surface area contributed by atoms with Crippen LogP contribution in [-0.2, 0) is 11.2 Å². The smallest absolute Gasteiger partial charge is 0.262 e. The number of anilines is 1. The molecule has 1 unspecified atom stereocenters. The van der Waals surface area contributed by atoms with Gasteiger partial charge >= 0.3 is 0 Å². The molecule has 1 heterocycles. The van der Waals surface area contributed by atoms with E-state index in [0.717, 1.165) is 6.07 Å². The van der Waals surface area contributed by atoms with E-state index in [1.54, 1.807) is 0 Å². The molecule has 0 aliphatic carbocycles. The molecule has 1 amide bonds. The van der Waals surface area contributed by atoms with E-state index in [1.807, 2.05) is 13.8 Å². The molecule has 150 valence electrons. The van der Waals surface area contributed by atoms with Crippen molar-refractivity contribution in [1.82, 2.24) is 0 Å². The minimum atomic E-state index is -0.931. The van der Waals surface area contributed by atoms with Crippen LogP contribution in [0.3, 0.4) is 0 Å². The molecule has 2 aromatic rings. The molecule has 3 N–H and O–H groups in total. The van der Waals surface area contributed by atoms with E-state index in [2.05, 4.69) is 5.32 Å². The average Bonchev–Trinajstić information content (AvgIpc) is 2.57. The Labute approximate surface area is 162 Å². The molecule has 0 spiro atoms. The number of amides is 1. The SMILES string of the molecule is CC(C)(CCC(O)c1cc(O)cc2c1OCC(=O)N2)Cc1cc(F)cc(F)c1. The van der Waals surface area contributed by atoms with Crippen molar-refractivity contribution >= 4 is 11.6 Å². The predicted octanol–water partition coefficient (Wildman–Crippen LogP) is 4.08. The third-order valence-electron chi connectivity index (χ3n) is 4.78. The third-order valence-corrected chi connectivity index (χ3v) is 4.78. The number of aromatic hydroxyl groups is 1. The highest BCUT2D eigenvalue weighted by Crippen LogP contribution is 2.41. The molecule has 0 fully saturated rings. The lowest BCUT2D eigenvalue weighted by Crippen LogP contribution is -2.26. The fourth-order valence-corrected chi connectivity index (χ4v) is 3.50. The number of ether oxygens (including phenoxy) is 1. The van der Waals surface area contributed by atoms with Crippen molar-refractivity contribution in [3.05, 3.63) is 53.1 Å². The molecule has 1 atom stereocenters. The van der Waals surface area contributed by atoms with Crippen molar-refractivity contribution in [3.63, 3.8) is 0 Å². The number of hydrogen-bond donors (Lipinski definition) is 3. The maximum absolute atomic E-state index is 13.4. The first kappa shape index (κ1) is 20.1. The van der Waals surface area contributed by atoms with Crippen LogP contribution in [0.1, 0.15) is 43.9 Å². The van der Waals surface area contributed by atoms with Gasteiger partial charge in [-0.15, -0.1) is 0 Å². The summed E-state index contributed by atoms with van der Waals surface area (Å²) in [6, 6.07) is 6.23. The number of phenols is 1. The van der Waals surface area contributed by atoms with E-state index in [0.29, 0.717) is 41.8 Å². The van der Waals surface area contributed by atoms with Gasteiger partial charge in [0.05, 0.1) is 11.8 Å². The first-order chi connectivity index (χ1) is 13.1. The van der Waals surface area contributed by atoms with E-state index in [1.165, 1.54) is 24.3 Å². The Bertz CT molecular complexity index is 878.